The van der Waals surface area contributed by atoms with Crippen LogP contribution in [-0.2, 0) is 14.3 Å². The third kappa shape index (κ3) is 5.39. The maximum absolute atomic E-state index is 12.9. The number of carbonyl (C=O) groups is 3. The zero-order valence-electron chi connectivity index (χ0n) is 16.7. The minimum absolute atomic E-state index is 0.00460. The molecule has 1 saturated heterocycles. The Kier molecular flexibility index (Phi) is 6.76. The van der Waals surface area contributed by atoms with Crippen LogP contribution in [0.2, 0.25) is 0 Å². The second-order valence-corrected chi connectivity index (χ2v) is 8.21. The van der Waals surface area contributed by atoms with E-state index in [4.69, 9.17) is 4.74 Å². The molecule has 2 N–H and O–H groups in total. The van der Waals surface area contributed by atoms with Gasteiger partial charge in [-0.3, -0.25) is 14.4 Å². The minimum atomic E-state index is -0.740. The predicted molar refractivity (Wildman–Crippen MR) is 103 cm³/mol. The van der Waals surface area contributed by atoms with Crippen molar-refractivity contribution >= 4 is 17.6 Å². The zero-order valence-corrected chi connectivity index (χ0v) is 16.7. The summed E-state index contributed by atoms with van der Waals surface area (Å²) in [5.74, 6) is -0.495. The highest BCUT2D eigenvalue weighted by Gasteiger charge is 2.37. The van der Waals surface area contributed by atoms with Gasteiger partial charge in [-0.2, -0.15) is 0 Å². The van der Waals surface area contributed by atoms with E-state index in [-0.39, 0.29) is 35.7 Å². The molecule has 6 heteroatoms. The number of amides is 2. The van der Waals surface area contributed by atoms with Gasteiger partial charge in [-0.05, 0) is 36.8 Å². The molecule has 0 bridgehead atoms. The lowest BCUT2D eigenvalue weighted by Crippen LogP contribution is -2.54. The Hall–Kier alpha value is -2.21. The smallest absolute Gasteiger partial charge is 0.251 e. The summed E-state index contributed by atoms with van der Waals surface area (Å²) in [7, 11) is 0. The Bertz CT molecular complexity index is 685. The van der Waals surface area contributed by atoms with Crippen LogP contribution < -0.4 is 10.6 Å². The van der Waals surface area contributed by atoms with Gasteiger partial charge < -0.3 is 15.4 Å². The molecular weight excluding hydrogens is 344 g/mol. The summed E-state index contributed by atoms with van der Waals surface area (Å²) in [5.41, 5.74) is 0.319. The van der Waals surface area contributed by atoms with Gasteiger partial charge in [0.05, 0.1) is 6.10 Å². The van der Waals surface area contributed by atoms with E-state index in [2.05, 4.69) is 38.3 Å². The van der Waals surface area contributed by atoms with Crippen molar-refractivity contribution in [3.05, 3.63) is 35.9 Å². The average molecular weight is 374 g/mol. The second-order valence-electron chi connectivity index (χ2n) is 8.21. The number of ether oxygens (including phenoxy) is 1. The van der Waals surface area contributed by atoms with E-state index in [1.165, 1.54) is 0 Å². The van der Waals surface area contributed by atoms with Gasteiger partial charge in [0.2, 0.25) is 5.91 Å². The fraction of sp³-hybridized carbons (Fsp3) is 0.571. The van der Waals surface area contributed by atoms with Gasteiger partial charge in [-0.25, -0.2) is 0 Å². The summed E-state index contributed by atoms with van der Waals surface area (Å²) < 4.78 is 5.30. The molecule has 1 fully saturated rings. The molecule has 0 radical (unpaired) electrons. The van der Waals surface area contributed by atoms with E-state index in [1.54, 1.807) is 31.2 Å². The van der Waals surface area contributed by atoms with Gasteiger partial charge in [0.25, 0.3) is 5.91 Å². The lowest BCUT2D eigenvalue weighted by Gasteiger charge is -2.33. The highest BCUT2D eigenvalue weighted by Crippen LogP contribution is 2.31. The molecule has 0 aromatic heterocycles. The van der Waals surface area contributed by atoms with Crippen molar-refractivity contribution in [2.45, 2.75) is 59.2 Å². The van der Waals surface area contributed by atoms with Crippen LogP contribution in [0.5, 0.6) is 0 Å². The summed E-state index contributed by atoms with van der Waals surface area (Å²) in [6.07, 6.45) is 0.0932. The van der Waals surface area contributed by atoms with Gasteiger partial charge in [0.1, 0.15) is 18.7 Å². The molecule has 3 atom stereocenters. The molecule has 148 valence electrons. The van der Waals surface area contributed by atoms with E-state index in [0.717, 1.165) is 0 Å². The first-order valence-electron chi connectivity index (χ1n) is 9.42. The molecular formula is C21H30N2O4. The van der Waals surface area contributed by atoms with Crippen molar-refractivity contribution < 1.29 is 19.1 Å². The van der Waals surface area contributed by atoms with Gasteiger partial charge >= 0.3 is 0 Å². The molecule has 6 nitrogen and oxygen atoms in total. The van der Waals surface area contributed by atoms with Crippen LogP contribution in [0.25, 0.3) is 0 Å². The van der Waals surface area contributed by atoms with Crippen molar-refractivity contribution in [1.29, 1.82) is 0 Å². The van der Waals surface area contributed by atoms with Crippen LogP contribution in [0, 0.1) is 11.3 Å². The van der Waals surface area contributed by atoms with Crippen LogP contribution in [0.3, 0.4) is 0 Å². The predicted octanol–water partition coefficient (Wildman–Crippen LogP) is 2.33. The van der Waals surface area contributed by atoms with E-state index >= 15 is 0 Å². The molecule has 1 aliphatic heterocycles. The molecule has 2 rings (SSSR count). The lowest BCUT2D eigenvalue weighted by atomic mass is 9.76. The first-order valence-corrected chi connectivity index (χ1v) is 9.42. The number of ketones is 1. The Morgan fingerprint density at radius 2 is 1.85 bits per heavy atom. The first kappa shape index (κ1) is 21.1. The molecule has 1 heterocycles. The third-order valence-electron chi connectivity index (χ3n) is 5.55. The summed E-state index contributed by atoms with van der Waals surface area (Å²) in [4.78, 5) is 37.5. The van der Waals surface area contributed by atoms with Gasteiger partial charge in [0.15, 0.2) is 5.78 Å². The average Bonchev–Trinajstić information content (AvgIpc) is 2.93. The summed E-state index contributed by atoms with van der Waals surface area (Å²) >= 11 is 0. The number of nitrogens with one attached hydrogen (secondary N) is 2. The molecule has 0 spiro atoms. The molecule has 1 aliphatic rings. The fourth-order valence-corrected chi connectivity index (χ4v) is 2.92. The Labute approximate surface area is 161 Å². The Morgan fingerprint density at radius 1 is 1.22 bits per heavy atom. The van der Waals surface area contributed by atoms with Gasteiger partial charge in [-0.1, -0.05) is 45.9 Å². The van der Waals surface area contributed by atoms with Crippen LogP contribution in [-0.4, -0.2) is 42.4 Å². The van der Waals surface area contributed by atoms with E-state index in [1.807, 2.05) is 6.07 Å². The molecule has 0 aliphatic carbocycles. The standard InChI is InChI=1S/C21H30N2O4/c1-13(2)21(4,5)11-16(22-19(25)15-9-7-6-8-10-15)20(26)23-18-14(3)27-12-17(18)24/h6-10,13-14,16,18H,11-12H2,1-5H3,(H,22,25)(H,23,26)/t14-,16-,18-/m0/s1. The number of hydrogen-bond donors (Lipinski definition) is 2. The molecule has 27 heavy (non-hydrogen) atoms. The van der Waals surface area contributed by atoms with E-state index in [9.17, 15) is 14.4 Å². The molecule has 0 unspecified atom stereocenters. The molecule has 2 amide bonds. The quantitative estimate of drug-likeness (QED) is 0.767. The van der Waals surface area contributed by atoms with Crippen LogP contribution in [0.15, 0.2) is 30.3 Å². The van der Waals surface area contributed by atoms with E-state index < -0.39 is 12.1 Å². The van der Waals surface area contributed by atoms with Gasteiger partial charge in [-0.15, -0.1) is 0 Å². The number of Topliss-reactive ketones (excluding diaryl/α,β-unsaturated/α-hetero) is 1. The highest BCUT2D eigenvalue weighted by molar-refractivity contribution is 5.98. The summed E-state index contributed by atoms with van der Waals surface area (Å²) in [6.45, 7) is 10.1. The summed E-state index contributed by atoms with van der Waals surface area (Å²) in [6, 6.07) is 7.38. The third-order valence-corrected chi connectivity index (χ3v) is 5.55. The van der Waals surface area contributed by atoms with Crippen molar-refractivity contribution in [1.82, 2.24) is 10.6 Å². The van der Waals surface area contributed by atoms with Crippen molar-refractivity contribution in [3.8, 4) is 0 Å². The highest BCUT2D eigenvalue weighted by atomic mass is 16.5. The maximum Gasteiger partial charge on any atom is 0.251 e. The topological polar surface area (TPSA) is 84.5 Å². The largest absolute Gasteiger partial charge is 0.368 e. The normalized spacial score (nSPS) is 21.2. The Morgan fingerprint density at radius 3 is 2.37 bits per heavy atom. The summed E-state index contributed by atoms with van der Waals surface area (Å²) in [5, 5.41) is 5.61. The number of hydrogen-bond acceptors (Lipinski definition) is 4. The maximum atomic E-state index is 12.9. The second kappa shape index (κ2) is 8.65. The minimum Gasteiger partial charge on any atom is -0.368 e. The Balaban J connectivity index is 2.17. The lowest BCUT2D eigenvalue weighted by molar-refractivity contribution is -0.128. The SMILES string of the molecule is CC(C)C(C)(C)C[C@H](NC(=O)c1ccccc1)C(=O)N[C@@H]1C(=O)CO[C@H]1C. The number of benzene rings is 1. The number of rotatable bonds is 7. The zero-order chi connectivity index (χ0) is 20.2. The van der Waals surface area contributed by atoms with Crippen molar-refractivity contribution in [2.24, 2.45) is 11.3 Å². The number of carbonyl (C=O) groups excluding carboxylic acids is 3. The van der Waals surface area contributed by atoms with Gasteiger partial charge in [0, 0.05) is 5.56 Å². The first-order chi connectivity index (χ1) is 12.6. The van der Waals surface area contributed by atoms with Crippen LogP contribution in [0.1, 0.15) is 51.4 Å². The molecule has 0 saturated carbocycles. The molecule has 1 aromatic rings. The van der Waals surface area contributed by atoms with Crippen molar-refractivity contribution in [2.75, 3.05) is 6.61 Å². The van der Waals surface area contributed by atoms with E-state index in [0.29, 0.717) is 17.9 Å². The molecule has 1 aromatic carbocycles. The van der Waals surface area contributed by atoms with Crippen molar-refractivity contribution in [3.63, 3.8) is 0 Å². The monoisotopic (exact) mass is 374 g/mol. The van der Waals surface area contributed by atoms with Crippen LogP contribution in [0.4, 0.5) is 0 Å². The fourth-order valence-electron chi connectivity index (χ4n) is 2.92. The van der Waals surface area contributed by atoms with Crippen LogP contribution >= 0.6 is 0 Å².